The molecule has 0 bridgehead atoms. The summed E-state index contributed by atoms with van der Waals surface area (Å²) in [4.78, 5) is 16.7. The van der Waals surface area contributed by atoms with Gasteiger partial charge in [0.1, 0.15) is 0 Å². The van der Waals surface area contributed by atoms with Crippen LogP contribution in [0, 0.1) is 0 Å². The third-order valence-corrected chi connectivity index (χ3v) is 6.57. The van der Waals surface area contributed by atoms with Gasteiger partial charge in [0.25, 0.3) is 0 Å². The van der Waals surface area contributed by atoms with Crippen LogP contribution < -0.4 is 10.5 Å². The molecule has 0 saturated carbocycles. The molecule has 6 nitrogen and oxygen atoms in total. The number of nitrogens with two attached hydrogens (primary N) is 1. The Morgan fingerprint density at radius 2 is 1.72 bits per heavy atom. The fraction of sp³-hybridized carbons (Fsp3) is 0.125. The number of sulfonamides is 1. The fourth-order valence-corrected chi connectivity index (χ4v) is 4.50. The van der Waals surface area contributed by atoms with Crippen molar-refractivity contribution in [3.63, 3.8) is 0 Å². The Kier molecular flexibility index (Phi) is 6.43. The molecule has 0 aliphatic rings. The third-order valence-electron chi connectivity index (χ3n) is 5.33. The minimum Gasteiger partial charge on any atom is -0.360 e. The molecule has 0 radical (unpaired) electrons. The SMILES string of the molecule is NS(=O)(=O)c1ccc(CCNC(C(=O)c2c[nH]c3cccc(Cl)c23)c2ccccc2)cc1. The maximum absolute atomic E-state index is 13.5. The molecule has 0 fully saturated rings. The van der Waals surface area contributed by atoms with Gasteiger partial charge >= 0.3 is 0 Å². The van der Waals surface area contributed by atoms with Gasteiger partial charge in [-0.3, -0.25) is 4.79 Å². The van der Waals surface area contributed by atoms with E-state index in [0.717, 1.165) is 16.6 Å². The van der Waals surface area contributed by atoms with Crippen molar-refractivity contribution in [2.24, 2.45) is 5.14 Å². The molecule has 4 N–H and O–H groups in total. The number of hydrogen-bond acceptors (Lipinski definition) is 4. The molecule has 4 aromatic rings. The van der Waals surface area contributed by atoms with Crippen LogP contribution in [0.2, 0.25) is 5.02 Å². The van der Waals surface area contributed by atoms with E-state index in [9.17, 15) is 13.2 Å². The van der Waals surface area contributed by atoms with Crippen LogP contribution in [0.15, 0.2) is 83.9 Å². The average Bonchev–Trinajstić information content (AvgIpc) is 3.22. The van der Waals surface area contributed by atoms with E-state index in [2.05, 4.69) is 10.3 Å². The number of fused-ring (bicyclic) bond motifs is 1. The largest absolute Gasteiger partial charge is 0.360 e. The summed E-state index contributed by atoms with van der Waals surface area (Å²) in [6.07, 6.45) is 2.30. The van der Waals surface area contributed by atoms with Crippen molar-refractivity contribution in [2.45, 2.75) is 17.4 Å². The van der Waals surface area contributed by atoms with E-state index in [-0.39, 0.29) is 10.7 Å². The Balaban J connectivity index is 1.56. The number of nitrogens with one attached hydrogen (secondary N) is 2. The van der Waals surface area contributed by atoms with Crippen LogP contribution in [0.4, 0.5) is 0 Å². The number of carbonyl (C=O) groups excluding carboxylic acids is 1. The van der Waals surface area contributed by atoms with Crippen molar-refractivity contribution in [1.82, 2.24) is 10.3 Å². The number of H-pyrrole nitrogens is 1. The molecule has 0 aliphatic heterocycles. The Morgan fingerprint density at radius 1 is 1.00 bits per heavy atom. The topological polar surface area (TPSA) is 105 Å². The van der Waals surface area contributed by atoms with Gasteiger partial charge in [0.2, 0.25) is 10.0 Å². The van der Waals surface area contributed by atoms with Crippen LogP contribution in [0.1, 0.15) is 27.5 Å². The highest BCUT2D eigenvalue weighted by Gasteiger charge is 2.24. The summed E-state index contributed by atoms with van der Waals surface area (Å²) in [5, 5.41) is 9.73. The summed E-state index contributed by atoms with van der Waals surface area (Å²) >= 11 is 6.38. The minimum atomic E-state index is -3.72. The maximum atomic E-state index is 13.5. The van der Waals surface area contributed by atoms with Crippen molar-refractivity contribution in [3.05, 3.63) is 101 Å². The Bertz CT molecular complexity index is 1350. The second-order valence-electron chi connectivity index (χ2n) is 7.47. The number of hydrogen-bond donors (Lipinski definition) is 3. The van der Waals surface area contributed by atoms with Crippen molar-refractivity contribution < 1.29 is 13.2 Å². The molecule has 1 aromatic heterocycles. The van der Waals surface area contributed by atoms with Gasteiger partial charge in [-0.05, 0) is 41.8 Å². The van der Waals surface area contributed by atoms with Gasteiger partial charge in [0.15, 0.2) is 5.78 Å². The van der Waals surface area contributed by atoms with E-state index in [1.165, 1.54) is 12.1 Å². The highest BCUT2D eigenvalue weighted by Crippen LogP contribution is 2.30. The van der Waals surface area contributed by atoms with Gasteiger partial charge in [0, 0.05) is 29.2 Å². The summed E-state index contributed by atoms with van der Waals surface area (Å²) < 4.78 is 22.8. The number of aromatic nitrogens is 1. The van der Waals surface area contributed by atoms with Gasteiger partial charge in [0.05, 0.1) is 16.0 Å². The predicted molar refractivity (Wildman–Crippen MR) is 126 cm³/mol. The summed E-state index contributed by atoms with van der Waals surface area (Å²) in [7, 11) is -3.72. The van der Waals surface area contributed by atoms with E-state index >= 15 is 0 Å². The molecular formula is C24H22ClN3O3S. The van der Waals surface area contributed by atoms with Gasteiger partial charge in [-0.2, -0.15) is 0 Å². The zero-order valence-electron chi connectivity index (χ0n) is 17.1. The fourth-order valence-electron chi connectivity index (χ4n) is 3.70. The van der Waals surface area contributed by atoms with E-state index in [4.69, 9.17) is 16.7 Å². The predicted octanol–water partition coefficient (Wildman–Crippen LogP) is 4.23. The first kappa shape index (κ1) is 22.2. The first-order chi connectivity index (χ1) is 15.3. The Labute approximate surface area is 191 Å². The molecule has 1 heterocycles. The molecule has 1 atom stereocenters. The van der Waals surface area contributed by atoms with Crippen molar-refractivity contribution in [1.29, 1.82) is 0 Å². The van der Waals surface area contributed by atoms with Gasteiger partial charge < -0.3 is 10.3 Å². The molecule has 1 unspecified atom stereocenters. The standard InChI is InChI=1S/C24H22ClN3O3S/c25-20-7-4-8-21-22(20)19(15-28-21)24(29)23(17-5-2-1-3-6-17)27-14-13-16-9-11-18(12-10-16)32(26,30)31/h1-12,15,23,27-28H,13-14H2,(H2,26,30,31). The van der Waals surface area contributed by atoms with Crippen LogP contribution in [0.25, 0.3) is 10.9 Å². The molecule has 0 spiro atoms. The van der Waals surface area contributed by atoms with Gasteiger partial charge in [-0.15, -0.1) is 0 Å². The normalized spacial score (nSPS) is 12.7. The van der Waals surface area contributed by atoms with E-state index in [0.29, 0.717) is 28.9 Å². The van der Waals surface area contributed by atoms with Crippen LogP contribution in [-0.4, -0.2) is 25.7 Å². The molecule has 3 aromatic carbocycles. The molecule has 32 heavy (non-hydrogen) atoms. The van der Waals surface area contributed by atoms with Crippen LogP contribution in [0.3, 0.4) is 0 Å². The van der Waals surface area contributed by atoms with Crippen LogP contribution in [-0.2, 0) is 16.4 Å². The summed E-state index contributed by atoms with van der Waals surface area (Å²) in [6.45, 7) is 0.510. The zero-order valence-corrected chi connectivity index (χ0v) is 18.7. The number of benzene rings is 3. The molecule has 8 heteroatoms. The molecule has 0 aliphatic carbocycles. The Hall–Kier alpha value is -2.97. The monoisotopic (exact) mass is 467 g/mol. The first-order valence-electron chi connectivity index (χ1n) is 10.0. The third kappa shape index (κ3) is 4.76. The quantitative estimate of drug-likeness (QED) is 0.337. The minimum absolute atomic E-state index is 0.0720. The summed E-state index contributed by atoms with van der Waals surface area (Å²) in [6, 6.07) is 20.9. The molecule has 0 amide bonds. The number of Topliss-reactive ketones (excluding diaryl/α,β-unsaturated/α-hetero) is 1. The highest BCUT2D eigenvalue weighted by atomic mass is 35.5. The summed E-state index contributed by atoms with van der Waals surface area (Å²) in [5.41, 5.74) is 3.12. The lowest BCUT2D eigenvalue weighted by Crippen LogP contribution is -2.30. The average molecular weight is 468 g/mol. The lowest BCUT2D eigenvalue weighted by atomic mass is 9.96. The number of rotatable bonds is 8. The van der Waals surface area contributed by atoms with Crippen molar-refractivity contribution in [2.75, 3.05) is 6.54 Å². The number of primary sulfonamides is 1. The molecule has 164 valence electrons. The second kappa shape index (κ2) is 9.26. The van der Waals surface area contributed by atoms with Gasteiger partial charge in [-0.1, -0.05) is 60.1 Å². The van der Waals surface area contributed by atoms with Crippen LogP contribution in [0.5, 0.6) is 0 Å². The lowest BCUT2D eigenvalue weighted by Gasteiger charge is -2.18. The smallest absolute Gasteiger partial charge is 0.238 e. The maximum Gasteiger partial charge on any atom is 0.238 e. The molecular weight excluding hydrogens is 446 g/mol. The number of halogens is 1. The number of carbonyl (C=O) groups is 1. The second-order valence-corrected chi connectivity index (χ2v) is 9.43. The van der Waals surface area contributed by atoms with E-state index in [1.807, 2.05) is 42.5 Å². The highest BCUT2D eigenvalue weighted by molar-refractivity contribution is 7.89. The van der Waals surface area contributed by atoms with E-state index < -0.39 is 16.1 Å². The number of ketones is 1. The van der Waals surface area contributed by atoms with Crippen molar-refractivity contribution in [3.8, 4) is 0 Å². The van der Waals surface area contributed by atoms with Gasteiger partial charge in [-0.25, -0.2) is 13.6 Å². The number of aromatic amines is 1. The van der Waals surface area contributed by atoms with Crippen molar-refractivity contribution >= 4 is 38.3 Å². The molecule has 4 rings (SSSR count). The summed E-state index contributed by atoms with van der Waals surface area (Å²) in [5.74, 6) is -0.0832. The Morgan fingerprint density at radius 3 is 2.41 bits per heavy atom. The molecule has 0 saturated heterocycles. The van der Waals surface area contributed by atoms with Crippen LogP contribution >= 0.6 is 11.6 Å². The van der Waals surface area contributed by atoms with E-state index in [1.54, 1.807) is 24.4 Å². The zero-order chi connectivity index (χ0) is 22.7. The first-order valence-corrected chi connectivity index (χ1v) is 12.0. The lowest BCUT2D eigenvalue weighted by molar-refractivity contribution is 0.0945.